The average molecular weight is 467 g/mol. The monoisotopic (exact) mass is 466 g/mol. The molecular formula is C26H30N2O6. The number of ether oxygens (including phenoxy) is 2. The van der Waals surface area contributed by atoms with Crippen LogP contribution in [0, 0.1) is 5.41 Å². The Balaban J connectivity index is 1.39. The normalized spacial score (nSPS) is 19.3. The van der Waals surface area contributed by atoms with Crippen molar-refractivity contribution >= 4 is 18.2 Å². The summed E-state index contributed by atoms with van der Waals surface area (Å²) >= 11 is 0. The van der Waals surface area contributed by atoms with Gasteiger partial charge < -0.3 is 24.8 Å². The number of rotatable bonds is 5. The predicted octanol–water partition coefficient (Wildman–Crippen LogP) is 4.24. The highest BCUT2D eigenvalue weighted by Crippen LogP contribution is 2.44. The quantitative estimate of drug-likeness (QED) is 0.683. The van der Waals surface area contributed by atoms with E-state index in [-0.39, 0.29) is 38.6 Å². The second-order valence-electron chi connectivity index (χ2n) is 9.92. The van der Waals surface area contributed by atoms with Crippen LogP contribution in [0.3, 0.4) is 0 Å². The molecule has 2 N–H and O–H groups in total. The van der Waals surface area contributed by atoms with Crippen molar-refractivity contribution in [1.82, 2.24) is 10.2 Å². The fourth-order valence-electron chi connectivity index (χ4n) is 4.66. The molecular weight excluding hydrogens is 436 g/mol. The first-order chi connectivity index (χ1) is 16.1. The maximum atomic E-state index is 12.9. The lowest BCUT2D eigenvalue weighted by Crippen LogP contribution is -2.46. The third-order valence-corrected chi connectivity index (χ3v) is 6.37. The minimum atomic E-state index is -1.29. The minimum Gasteiger partial charge on any atom is -0.481 e. The summed E-state index contributed by atoms with van der Waals surface area (Å²) in [4.78, 5) is 38.3. The van der Waals surface area contributed by atoms with E-state index in [2.05, 4.69) is 17.4 Å². The maximum Gasteiger partial charge on any atom is 0.409 e. The number of nitrogens with zero attached hydrogens (tertiary/aromatic N) is 1. The Bertz CT molecular complexity index is 1060. The molecule has 2 amide bonds. The molecule has 1 fully saturated rings. The number of benzene rings is 2. The number of carbonyl (C=O) groups excluding carboxylic acids is 2. The van der Waals surface area contributed by atoms with Crippen molar-refractivity contribution in [1.29, 1.82) is 0 Å². The molecule has 1 unspecified atom stereocenters. The van der Waals surface area contributed by atoms with Crippen LogP contribution in [-0.4, -0.2) is 60.0 Å². The van der Waals surface area contributed by atoms with E-state index in [0.29, 0.717) is 0 Å². The fourth-order valence-corrected chi connectivity index (χ4v) is 4.66. The molecule has 0 radical (unpaired) electrons. The molecule has 2 aliphatic rings. The van der Waals surface area contributed by atoms with Crippen molar-refractivity contribution in [3.05, 3.63) is 59.7 Å². The lowest BCUT2D eigenvalue weighted by Gasteiger charge is -2.26. The summed E-state index contributed by atoms with van der Waals surface area (Å²) in [6.07, 6.45) is -1.03. The first kappa shape index (κ1) is 23.6. The minimum absolute atomic E-state index is 0.0468. The van der Waals surface area contributed by atoms with Gasteiger partial charge in [0.05, 0.1) is 0 Å². The highest BCUT2D eigenvalue weighted by molar-refractivity contribution is 5.80. The van der Waals surface area contributed by atoms with E-state index in [1.54, 1.807) is 20.8 Å². The molecule has 4 rings (SSSR count). The van der Waals surface area contributed by atoms with Gasteiger partial charge >= 0.3 is 18.2 Å². The molecule has 8 nitrogen and oxygen atoms in total. The first-order valence-corrected chi connectivity index (χ1v) is 11.4. The molecule has 0 aromatic heterocycles. The number of nitrogens with one attached hydrogen (secondary N) is 1. The topological polar surface area (TPSA) is 105 Å². The Labute approximate surface area is 198 Å². The van der Waals surface area contributed by atoms with Crippen LogP contribution in [0.4, 0.5) is 9.59 Å². The van der Waals surface area contributed by atoms with Gasteiger partial charge in [0.1, 0.15) is 17.6 Å². The molecule has 1 aliphatic carbocycles. The highest BCUT2D eigenvalue weighted by Gasteiger charge is 2.47. The number of likely N-dealkylation sites (tertiary alicyclic amines) is 1. The second-order valence-corrected chi connectivity index (χ2v) is 9.92. The van der Waals surface area contributed by atoms with E-state index in [1.807, 2.05) is 36.4 Å². The Morgan fingerprint density at radius 1 is 1.06 bits per heavy atom. The summed E-state index contributed by atoms with van der Waals surface area (Å²) in [6, 6.07) is 16.1. The number of aliphatic carboxylic acids is 1. The van der Waals surface area contributed by atoms with Gasteiger partial charge in [0.2, 0.25) is 0 Å². The van der Waals surface area contributed by atoms with Gasteiger partial charge in [0, 0.05) is 25.6 Å². The van der Waals surface area contributed by atoms with Crippen LogP contribution in [0.15, 0.2) is 48.5 Å². The molecule has 1 aliphatic heterocycles. The average Bonchev–Trinajstić information content (AvgIpc) is 3.36. The Morgan fingerprint density at radius 3 is 2.21 bits per heavy atom. The van der Waals surface area contributed by atoms with Gasteiger partial charge in [0.15, 0.2) is 0 Å². The number of alkyl carbamates (subject to hydrolysis) is 1. The van der Waals surface area contributed by atoms with Gasteiger partial charge in [-0.25, -0.2) is 9.59 Å². The number of carboxylic acid groups (broad SMARTS) is 1. The highest BCUT2D eigenvalue weighted by atomic mass is 16.6. The lowest BCUT2D eigenvalue weighted by atomic mass is 9.87. The van der Waals surface area contributed by atoms with E-state index >= 15 is 0 Å². The zero-order valence-electron chi connectivity index (χ0n) is 19.7. The zero-order valence-corrected chi connectivity index (χ0v) is 19.7. The molecule has 8 heteroatoms. The van der Waals surface area contributed by atoms with Gasteiger partial charge in [-0.1, -0.05) is 48.5 Å². The Morgan fingerprint density at radius 2 is 1.65 bits per heavy atom. The summed E-state index contributed by atoms with van der Waals surface area (Å²) in [5, 5.41) is 12.4. The molecule has 2 aromatic carbocycles. The van der Waals surface area contributed by atoms with Crippen LogP contribution < -0.4 is 5.32 Å². The lowest BCUT2D eigenvalue weighted by molar-refractivity contribution is -0.147. The fraction of sp³-hybridized carbons (Fsp3) is 0.423. The SMILES string of the molecule is CC(C)(C)OC(=O)NCC1(C(=O)O)CCN(C(=O)OCC2c3ccccc3-c3ccccc32)C1. The first-order valence-electron chi connectivity index (χ1n) is 11.4. The van der Waals surface area contributed by atoms with E-state index in [4.69, 9.17) is 9.47 Å². The third kappa shape index (κ3) is 4.71. The largest absolute Gasteiger partial charge is 0.481 e. The van der Waals surface area contributed by atoms with Gasteiger partial charge in [-0.2, -0.15) is 0 Å². The zero-order chi connectivity index (χ0) is 24.5. The third-order valence-electron chi connectivity index (χ3n) is 6.37. The number of hydrogen-bond acceptors (Lipinski definition) is 5. The molecule has 180 valence electrons. The summed E-state index contributed by atoms with van der Waals surface area (Å²) in [7, 11) is 0. The van der Waals surface area contributed by atoms with E-state index in [1.165, 1.54) is 4.90 Å². The van der Waals surface area contributed by atoms with Crippen LogP contribution >= 0.6 is 0 Å². The predicted molar refractivity (Wildman–Crippen MR) is 126 cm³/mol. The standard InChI is InChI=1S/C26H30N2O6/c1-25(2,3)34-23(31)27-15-26(22(29)30)12-13-28(16-26)24(32)33-14-21-19-10-6-4-8-17(19)18-9-5-7-11-20(18)21/h4-11,21H,12-16H2,1-3H3,(H,27,31)(H,29,30). The Hall–Kier alpha value is -3.55. The smallest absolute Gasteiger partial charge is 0.409 e. The Kier molecular flexibility index (Phi) is 6.25. The number of carboxylic acids is 1. The molecule has 1 atom stereocenters. The van der Waals surface area contributed by atoms with Crippen molar-refractivity contribution in [2.45, 2.75) is 38.7 Å². The molecule has 1 heterocycles. The molecule has 0 saturated carbocycles. The van der Waals surface area contributed by atoms with E-state index < -0.39 is 29.2 Å². The van der Waals surface area contributed by atoms with E-state index in [0.717, 1.165) is 22.3 Å². The molecule has 34 heavy (non-hydrogen) atoms. The molecule has 0 bridgehead atoms. The van der Waals surface area contributed by atoms with Crippen molar-refractivity contribution < 1.29 is 29.0 Å². The van der Waals surface area contributed by atoms with Gasteiger partial charge in [-0.3, -0.25) is 4.79 Å². The summed E-state index contributed by atoms with van der Waals surface area (Å²) in [5.41, 5.74) is 2.52. The maximum absolute atomic E-state index is 12.9. The van der Waals surface area contributed by atoms with Crippen LogP contribution in [-0.2, 0) is 14.3 Å². The van der Waals surface area contributed by atoms with Crippen molar-refractivity contribution in [3.63, 3.8) is 0 Å². The van der Waals surface area contributed by atoms with Crippen LogP contribution in [0.25, 0.3) is 11.1 Å². The van der Waals surface area contributed by atoms with Crippen molar-refractivity contribution in [3.8, 4) is 11.1 Å². The van der Waals surface area contributed by atoms with Gasteiger partial charge in [-0.05, 0) is 49.4 Å². The number of fused-ring (bicyclic) bond motifs is 3. The molecule has 2 aromatic rings. The summed E-state index contributed by atoms with van der Waals surface area (Å²) in [5.74, 6) is -1.14. The van der Waals surface area contributed by atoms with Crippen molar-refractivity contribution in [2.75, 3.05) is 26.2 Å². The summed E-state index contributed by atoms with van der Waals surface area (Å²) < 4.78 is 10.9. The summed E-state index contributed by atoms with van der Waals surface area (Å²) in [6.45, 7) is 5.41. The number of carbonyl (C=O) groups is 3. The number of hydrogen-bond donors (Lipinski definition) is 2. The molecule has 0 spiro atoms. The van der Waals surface area contributed by atoms with Crippen LogP contribution in [0.5, 0.6) is 0 Å². The van der Waals surface area contributed by atoms with Crippen LogP contribution in [0.2, 0.25) is 0 Å². The van der Waals surface area contributed by atoms with E-state index in [9.17, 15) is 19.5 Å². The van der Waals surface area contributed by atoms with Gasteiger partial charge in [-0.15, -0.1) is 0 Å². The molecule has 1 saturated heterocycles. The van der Waals surface area contributed by atoms with Crippen molar-refractivity contribution in [2.24, 2.45) is 5.41 Å². The second kappa shape index (κ2) is 9.00. The van der Waals surface area contributed by atoms with Crippen LogP contribution in [0.1, 0.15) is 44.2 Å². The van der Waals surface area contributed by atoms with Gasteiger partial charge in [0.25, 0.3) is 0 Å². The number of amides is 2.